The van der Waals surface area contributed by atoms with Crippen LogP contribution < -0.4 is 0 Å². The first-order chi connectivity index (χ1) is 7.33. The Kier molecular flexibility index (Phi) is 2.20. The maximum Gasteiger partial charge on any atom is 0.0901 e. The maximum absolute atomic E-state index is 4.68. The predicted molar refractivity (Wildman–Crippen MR) is 63.9 cm³/mol. The average Bonchev–Trinajstić information content (AvgIpc) is 2.26. The summed E-state index contributed by atoms with van der Waals surface area (Å²) in [7, 11) is 0. The third kappa shape index (κ3) is 1.65. The van der Waals surface area contributed by atoms with Crippen LogP contribution in [0, 0.1) is 0 Å². The van der Waals surface area contributed by atoms with Crippen LogP contribution in [0.5, 0.6) is 0 Å². The molecule has 1 aliphatic rings. The minimum Gasteiger partial charge on any atom is -0.249 e. The van der Waals surface area contributed by atoms with Gasteiger partial charge in [0.1, 0.15) is 0 Å². The van der Waals surface area contributed by atoms with Gasteiger partial charge in [-0.25, -0.2) is 9.97 Å². The van der Waals surface area contributed by atoms with Crippen LogP contribution in [0.4, 0.5) is 0 Å². The van der Waals surface area contributed by atoms with Gasteiger partial charge in [0, 0.05) is 4.47 Å². The summed E-state index contributed by atoms with van der Waals surface area (Å²) in [4.78, 5) is 9.36. The molecule has 0 saturated carbocycles. The number of aryl methyl sites for hydroxylation is 2. The van der Waals surface area contributed by atoms with Crippen LogP contribution in [-0.2, 0) is 12.8 Å². The van der Waals surface area contributed by atoms with E-state index >= 15 is 0 Å². The lowest BCUT2D eigenvalue weighted by Gasteiger charge is -2.14. The molecular formula is C12H11BrN2. The Bertz CT molecular complexity index is 522. The van der Waals surface area contributed by atoms with E-state index in [1.54, 1.807) is 0 Å². The van der Waals surface area contributed by atoms with E-state index in [1.165, 1.54) is 24.2 Å². The van der Waals surface area contributed by atoms with E-state index < -0.39 is 0 Å². The molecule has 1 heterocycles. The Morgan fingerprint density at radius 3 is 2.33 bits per heavy atom. The van der Waals surface area contributed by atoms with E-state index in [9.17, 15) is 0 Å². The molecule has 1 aliphatic carbocycles. The molecule has 0 N–H and O–H groups in total. The fourth-order valence-corrected chi connectivity index (χ4v) is 2.43. The molecule has 1 aromatic heterocycles. The van der Waals surface area contributed by atoms with Crippen LogP contribution in [0.15, 0.2) is 22.7 Å². The van der Waals surface area contributed by atoms with Crippen molar-refractivity contribution in [3.8, 4) is 0 Å². The van der Waals surface area contributed by atoms with Gasteiger partial charge < -0.3 is 0 Å². The molecule has 3 heteroatoms. The zero-order valence-electron chi connectivity index (χ0n) is 8.33. The van der Waals surface area contributed by atoms with E-state index in [2.05, 4.69) is 25.9 Å². The summed E-state index contributed by atoms with van der Waals surface area (Å²) in [5.41, 5.74) is 4.42. The summed E-state index contributed by atoms with van der Waals surface area (Å²) in [6, 6.07) is 6.09. The number of hydrogen-bond donors (Lipinski definition) is 0. The Hall–Kier alpha value is -0.960. The summed E-state index contributed by atoms with van der Waals surface area (Å²) >= 11 is 3.46. The average molecular weight is 263 g/mol. The van der Waals surface area contributed by atoms with E-state index in [0.29, 0.717) is 0 Å². The molecule has 0 unspecified atom stereocenters. The molecule has 0 atom stereocenters. The molecule has 0 saturated heterocycles. The van der Waals surface area contributed by atoms with Crippen molar-refractivity contribution in [3.63, 3.8) is 0 Å². The molecule has 0 bridgehead atoms. The zero-order chi connectivity index (χ0) is 10.3. The molecule has 0 aliphatic heterocycles. The molecule has 76 valence electrons. The fraction of sp³-hybridized carbons (Fsp3) is 0.333. The summed E-state index contributed by atoms with van der Waals surface area (Å²) in [6.07, 6.45) is 4.68. The van der Waals surface area contributed by atoms with Crippen molar-refractivity contribution >= 4 is 27.0 Å². The smallest absolute Gasteiger partial charge is 0.0901 e. The predicted octanol–water partition coefficient (Wildman–Crippen LogP) is 3.27. The quantitative estimate of drug-likeness (QED) is 0.729. The second-order valence-electron chi connectivity index (χ2n) is 3.96. The van der Waals surface area contributed by atoms with Crippen LogP contribution in [0.2, 0.25) is 0 Å². The topological polar surface area (TPSA) is 25.8 Å². The van der Waals surface area contributed by atoms with E-state index in [1.807, 2.05) is 18.2 Å². The molecule has 0 spiro atoms. The number of hydrogen-bond acceptors (Lipinski definition) is 2. The lowest BCUT2D eigenvalue weighted by atomic mass is 10.0. The molecule has 2 aromatic rings. The molecule has 0 fully saturated rings. The van der Waals surface area contributed by atoms with Gasteiger partial charge in [0.2, 0.25) is 0 Å². The van der Waals surface area contributed by atoms with Crippen molar-refractivity contribution in [1.82, 2.24) is 9.97 Å². The van der Waals surface area contributed by atoms with Crippen LogP contribution >= 0.6 is 15.9 Å². The first-order valence-corrected chi connectivity index (χ1v) is 6.07. The second kappa shape index (κ2) is 3.56. The van der Waals surface area contributed by atoms with E-state index in [-0.39, 0.29) is 0 Å². The van der Waals surface area contributed by atoms with Crippen LogP contribution in [-0.4, -0.2) is 9.97 Å². The summed E-state index contributed by atoms with van der Waals surface area (Å²) < 4.78 is 1.07. The van der Waals surface area contributed by atoms with Crippen LogP contribution in [0.3, 0.4) is 0 Å². The van der Waals surface area contributed by atoms with Crippen molar-refractivity contribution in [2.75, 3.05) is 0 Å². The minimum atomic E-state index is 1.00. The van der Waals surface area contributed by atoms with Gasteiger partial charge in [-0.1, -0.05) is 15.9 Å². The Morgan fingerprint density at radius 1 is 0.933 bits per heavy atom. The second-order valence-corrected chi connectivity index (χ2v) is 4.87. The molecule has 2 nitrogen and oxygen atoms in total. The van der Waals surface area contributed by atoms with Crippen molar-refractivity contribution in [1.29, 1.82) is 0 Å². The Labute approximate surface area is 96.9 Å². The van der Waals surface area contributed by atoms with Gasteiger partial charge in [0.05, 0.1) is 22.4 Å². The normalized spacial score (nSPS) is 15.3. The zero-order valence-corrected chi connectivity index (χ0v) is 9.92. The van der Waals surface area contributed by atoms with Crippen LogP contribution in [0.25, 0.3) is 11.0 Å². The van der Waals surface area contributed by atoms with Crippen molar-refractivity contribution < 1.29 is 0 Å². The molecule has 0 radical (unpaired) electrons. The fourth-order valence-electron chi connectivity index (χ4n) is 2.09. The highest BCUT2D eigenvalue weighted by Crippen LogP contribution is 2.22. The lowest BCUT2D eigenvalue weighted by Crippen LogP contribution is -2.07. The largest absolute Gasteiger partial charge is 0.249 e. The molecule has 3 rings (SSSR count). The van der Waals surface area contributed by atoms with Gasteiger partial charge in [-0.05, 0) is 43.9 Å². The third-order valence-electron chi connectivity index (χ3n) is 2.86. The number of fused-ring (bicyclic) bond motifs is 2. The van der Waals surface area contributed by atoms with Gasteiger partial charge in [0.25, 0.3) is 0 Å². The van der Waals surface area contributed by atoms with Crippen LogP contribution in [0.1, 0.15) is 24.2 Å². The van der Waals surface area contributed by atoms with E-state index in [0.717, 1.165) is 28.3 Å². The summed E-state index contributed by atoms with van der Waals surface area (Å²) in [5, 5.41) is 0. The monoisotopic (exact) mass is 262 g/mol. The number of rotatable bonds is 0. The number of aromatic nitrogens is 2. The first-order valence-electron chi connectivity index (χ1n) is 5.28. The van der Waals surface area contributed by atoms with Gasteiger partial charge in [0.15, 0.2) is 0 Å². The number of halogens is 1. The highest BCUT2D eigenvalue weighted by atomic mass is 79.9. The molecule has 15 heavy (non-hydrogen) atoms. The SMILES string of the molecule is Brc1ccc2nc3c(nc2c1)CCCC3. The van der Waals surface area contributed by atoms with E-state index in [4.69, 9.17) is 0 Å². The van der Waals surface area contributed by atoms with Gasteiger partial charge in [-0.3, -0.25) is 0 Å². The maximum atomic E-state index is 4.68. The van der Waals surface area contributed by atoms with Crippen molar-refractivity contribution in [3.05, 3.63) is 34.1 Å². The highest BCUT2D eigenvalue weighted by Gasteiger charge is 2.12. The van der Waals surface area contributed by atoms with Gasteiger partial charge in [-0.2, -0.15) is 0 Å². The Morgan fingerprint density at radius 2 is 1.60 bits per heavy atom. The molecule has 1 aromatic carbocycles. The van der Waals surface area contributed by atoms with Gasteiger partial charge in [-0.15, -0.1) is 0 Å². The van der Waals surface area contributed by atoms with Crippen molar-refractivity contribution in [2.24, 2.45) is 0 Å². The molecular weight excluding hydrogens is 252 g/mol. The third-order valence-corrected chi connectivity index (χ3v) is 3.35. The highest BCUT2D eigenvalue weighted by molar-refractivity contribution is 9.10. The number of nitrogens with zero attached hydrogens (tertiary/aromatic N) is 2. The number of benzene rings is 1. The summed E-state index contributed by atoms with van der Waals surface area (Å²) in [6.45, 7) is 0. The van der Waals surface area contributed by atoms with Crippen molar-refractivity contribution in [2.45, 2.75) is 25.7 Å². The standard InChI is InChI=1S/C12H11BrN2/c13-8-5-6-11-12(7-8)15-10-4-2-1-3-9(10)14-11/h5-7H,1-4H2. The lowest BCUT2D eigenvalue weighted by molar-refractivity contribution is 0.655. The first kappa shape index (κ1) is 9.28. The minimum absolute atomic E-state index is 1.00. The van der Waals surface area contributed by atoms with Gasteiger partial charge >= 0.3 is 0 Å². The molecule has 0 amide bonds. The summed E-state index contributed by atoms with van der Waals surface area (Å²) in [5.74, 6) is 0. The Balaban J connectivity index is 2.26.